The van der Waals surface area contributed by atoms with Gasteiger partial charge in [0.15, 0.2) is 0 Å². The van der Waals surface area contributed by atoms with E-state index in [-0.39, 0.29) is 12.4 Å². The Kier molecular flexibility index (Phi) is 4.32. The van der Waals surface area contributed by atoms with Crippen molar-refractivity contribution in [3.8, 4) is 0 Å². The maximum absolute atomic E-state index is 5.52. The van der Waals surface area contributed by atoms with Crippen molar-refractivity contribution < 1.29 is 0 Å². The zero-order chi connectivity index (χ0) is 6.69. The molecule has 1 aromatic carbocycles. The molecule has 0 aliphatic heterocycles. The smallest absolute Gasteiger partial charge is 0.0325 e. The van der Waals surface area contributed by atoms with Crippen LogP contribution >= 0.6 is 24.2 Å². The number of nitrogens with two attached hydrogens (primary N) is 1. The number of hydrogen-bond acceptors (Lipinski definition) is 2. The molecule has 0 aliphatic carbocycles. The number of anilines is 1. The zero-order valence-corrected chi connectivity index (χ0v) is 7.34. The molecule has 1 aromatic rings. The average molecular weight is 176 g/mol. The zero-order valence-electron chi connectivity index (χ0n) is 5.70. The molecule has 0 unspecified atom stereocenters. The summed E-state index contributed by atoms with van der Waals surface area (Å²) in [5.74, 6) is 0. The minimum absolute atomic E-state index is 0. The molecule has 0 saturated heterocycles. The molecule has 10 heavy (non-hydrogen) atoms. The maximum Gasteiger partial charge on any atom is 0.0325 e. The third kappa shape index (κ3) is 2.50. The van der Waals surface area contributed by atoms with Gasteiger partial charge in [-0.3, -0.25) is 0 Å². The first-order valence-corrected chi connectivity index (χ1v) is 3.95. The van der Waals surface area contributed by atoms with Crippen LogP contribution in [0.3, 0.4) is 0 Å². The highest BCUT2D eigenvalue weighted by molar-refractivity contribution is 7.98. The largest absolute Gasteiger partial charge is 0.399 e. The van der Waals surface area contributed by atoms with Crippen molar-refractivity contribution in [2.45, 2.75) is 4.90 Å². The summed E-state index contributed by atoms with van der Waals surface area (Å²) in [6, 6.07) is 7.85. The molecule has 1 rings (SSSR count). The van der Waals surface area contributed by atoms with Crippen LogP contribution in [0.5, 0.6) is 0 Å². The highest BCUT2D eigenvalue weighted by Gasteiger charge is 1.86. The normalized spacial score (nSPS) is 8.50. The standard InChI is InChI=1S/C7H9NS.ClH/c1-9-7-4-2-3-6(8)5-7;/h2-5H,8H2,1H3;1H. The second-order valence-electron chi connectivity index (χ2n) is 1.78. The first-order valence-electron chi connectivity index (χ1n) is 2.72. The number of nitrogen functional groups attached to an aromatic ring is 1. The van der Waals surface area contributed by atoms with Gasteiger partial charge in [0, 0.05) is 10.6 Å². The lowest BCUT2D eigenvalue weighted by molar-refractivity contribution is 1.47. The van der Waals surface area contributed by atoms with E-state index in [1.807, 2.05) is 30.5 Å². The fourth-order valence-corrected chi connectivity index (χ4v) is 1.11. The minimum atomic E-state index is 0. The van der Waals surface area contributed by atoms with Crippen molar-refractivity contribution in [1.29, 1.82) is 0 Å². The molecule has 0 heterocycles. The van der Waals surface area contributed by atoms with E-state index in [4.69, 9.17) is 5.73 Å². The van der Waals surface area contributed by atoms with Gasteiger partial charge in [-0.15, -0.1) is 24.2 Å². The molecule has 0 radical (unpaired) electrons. The molecule has 0 aliphatic rings. The monoisotopic (exact) mass is 175 g/mol. The van der Waals surface area contributed by atoms with Crippen molar-refractivity contribution in [3.63, 3.8) is 0 Å². The lowest BCUT2D eigenvalue weighted by Crippen LogP contribution is -1.82. The SMILES string of the molecule is CSc1cccc(N)c1.Cl. The highest BCUT2D eigenvalue weighted by Crippen LogP contribution is 2.16. The van der Waals surface area contributed by atoms with Gasteiger partial charge >= 0.3 is 0 Å². The quantitative estimate of drug-likeness (QED) is 0.524. The Balaban J connectivity index is 0.000000810. The molecule has 0 bridgehead atoms. The molecule has 0 atom stereocenters. The summed E-state index contributed by atoms with van der Waals surface area (Å²) in [5.41, 5.74) is 6.36. The van der Waals surface area contributed by atoms with E-state index < -0.39 is 0 Å². The van der Waals surface area contributed by atoms with Crippen LogP contribution in [-0.4, -0.2) is 6.26 Å². The number of hydrogen-bond donors (Lipinski definition) is 1. The molecule has 0 amide bonds. The summed E-state index contributed by atoms with van der Waals surface area (Å²) in [4.78, 5) is 1.22. The number of rotatable bonds is 1. The fourth-order valence-electron chi connectivity index (χ4n) is 0.642. The Morgan fingerprint density at radius 1 is 1.40 bits per heavy atom. The van der Waals surface area contributed by atoms with Crippen molar-refractivity contribution in [2.24, 2.45) is 0 Å². The van der Waals surface area contributed by atoms with Crippen LogP contribution in [0.15, 0.2) is 29.2 Å². The Morgan fingerprint density at radius 2 is 2.10 bits per heavy atom. The van der Waals surface area contributed by atoms with Crippen LogP contribution in [0.1, 0.15) is 0 Å². The van der Waals surface area contributed by atoms with Gasteiger partial charge in [0.05, 0.1) is 0 Å². The summed E-state index contributed by atoms with van der Waals surface area (Å²) in [6.45, 7) is 0. The highest BCUT2D eigenvalue weighted by atomic mass is 35.5. The van der Waals surface area contributed by atoms with Gasteiger partial charge in [-0.05, 0) is 24.5 Å². The number of thioether (sulfide) groups is 1. The van der Waals surface area contributed by atoms with Crippen LogP contribution in [0, 0.1) is 0 Å². The van der Waals surface area contributed by atoms with Gasteiger partial charge in [0.2, 0.25) is 0 Å². The summed E-state index contributed by atoms with van der Waals surface area (Å²) in [5, 5.41) is 0. The van der Waals surface area contributed by atoms with Crippen LogP contribution in [0.4, 0.5) is 5.69 Å². The van der Waals surface area contributed by atoms with Crippen LogP contribution in [0.2, 0.25) is 0 Å². The third-order valence-electron chi connectivity index (χ3n) is 1.09. The summed E-state index contributed by atoms with van der Waals surface area (Å²) in [6.07, 6.45) is 2.04. The lowest BCUT2D eigenvalue weighted by Gasteiger charge is -1.94. The number of halogens is 1. The summed E-state index contributed by atoms with van der Waals surface area (Å²) < 4.78 is 0. The van der Waals surface area contributed by atoms with Gasteiger partial charge in [-0.25, -0.2) is 0 Å². The Labute approximate surface area is 71.4 Å². The lowest BCUT2D eigenvalue weighted by atomic mass is 10.3. The van der Waals surface area contributed by atoms with E-state index >= 15 is 0 Å². The molecule has 2 N–H and O–H groups in total. The van der Waals surface area contributed by atoms with Crippen molar-refractivity contribution in [1.82, 2.24) is 0 Å². The van der Waals surface area contributed by atoms with E-state index in [1.165, 1.54) is 4.90 Å². The van der Waals surface area contributed by atoms with E-state index in [9.17, 15) is 0 Å². The second-order valence-corrected chi connectivity index (χ2v) is 2.66. The molecule has 0 aromatic heterocycles. The predicted octanol–water partition coefficient (Wildman–Crippen LogP) is 2.41. The molecule has 3 heteroatoms. The van der Waals surface area contributed by atoms with Gasteiger partial charge < -0.3 is 5.73 Å². The fraction of sp³-hybridized carbons (Fsp3) is 0.143. The van der Waals surface area contributed by atoms with Crippen LogP contribution in [-0.2, 0) is 0 Å². The predicted molar refractivity (Wildman–Crippen MR) is 49.9 cm³/mol. The van der Waals surface area contributed by atoms with Crippen molar-refractivity contribution in [2.75, 3.05) is 12.0 Å². The Hall–Kier alpha value is -0.340. The molecule has 56 valence electrons. The molecule has 0 spiro atoms. The Morgan fingerprint density at radius 3 is 2.50 bits per heavy atom. The Bertz CT molecular complexity index is 203. The summed E-state index contributed by atoms with van der Waals surface area (Å²) in [7, 11) is 0. The van der Waals surface area contributed by atoms with Gasteiger partial charge in [0.25, 0.3) is 0 Å². The van der Waals surface area contributed by atoms with E-state index in [2.05, 4.69) is 0 Å². The molecular weight excluding hydrogens is 166 g/mol. The van der Waals surface area contributed by atoms with Crippen LogP contribution < -0.4 is 5.73 Å². The first-order chi connectivity index (χ1) is 4.33. The van der Waals surface area contributed by atoms with Crippen molar-refractivity contribution >= 4 is 29.9 Å². The van der Waals surface area contributed by atoms with Gasteiger partial charge in [0.1, 0.15) is 0 Å². The van der Waals surface area contributed by atoms with Gasteiger partial charge in [-0.2, -0.15) is 0 Å². The minimum Gasteiger partial charge on any atom is -0.399 e. The average Bonchev–Trinajstić information content (AvgIpc) is 1.88. The first kappa shape index (κ1) is 9.66. The van der Waals surface area contributed by atoms with E-state index in [0.717, 1.165) is 5.69 Å². The second kappa shape index (κ2) is 4.47. The summed E-state index contributed by atoms with van der Waals surface area (Å²) >= 11 is 1.70. The van der Waals surface area contributed by atoms with E-state index in [1.54, 1.807) is 11.8 Å². The third-order valence-corrected chi connectivity index (χ3v) is 1.82. The topological polar surface area (TPSA) is 26.0 Å². The van der Waals surface area contributed by atoms with E-state index in [0.29, 0.717) is 0 Å². The van der Waals surface area contributed by atoms with Crippen molar-refractivity contribution in [3.05, 3.63) is 24.3 Å². The number of benzene rings is 1. The molecule has 0 saturated carbocycles. The van der Waals surface area contributed by atoms with Gasteiger partial charge in [-0.1, -0.05) is 6.07 Å². The molecule has 1 nitrogen and oxygen atoms in total. The molecular formula is C7H10ClNS. The van der Waals surface area contributed by atoms with Crippen LogP contribution in [0.25, 0.3) is 0 Å². The maximum atomic E-state index is 5.52. The molecule has 0 fully saturated rings.